The molecule has 146 valence electrons. The molecule has 0 unspecified atom stereocenters. The highest BCUT2D eigenvalue weighted by Gasteiger charge is 2.34. The van der Waals surface area contributed by atoms with Crippen molar-refractivity contribution in [3.05, 3.63) is 79.1 Å². The van der Waals surface area contributed by atoms with Gasteiger partial charge in [0.25, 0.3) is 0 Å². The molecule has 1 aromatic heterocycles. The summed E-state index contributed by atoms with van der Waals surface area (Å²) >= 11 is 0.652. The molecular formula is C19H11F3N4O2S. The lowest BCUT2D eigenvalue weighted by Gasteiger charge is -2.13. The van der Waals surface area contributed by atoms with Gasteiger partial charge in [-0.05, 0) is 23.4 Å². The minimum Gasteiger partial charge on any atom is -0.493 e. The van der Waals surface area contributed by atoms with Crippen molar-refractivity contribution < 1.29 is 18.3 Å². The van der Waals surface area contributed by atoms with Crippen molar-refractivity contribution >= 4 is 29.6 Å². The van der Waals surface area contributed by atoms with Crippen LogP contribution in [0.3, 0.4) is 0 Å². The Hall–Kier alpha value is -3.53. The van der Waals surface area contributed by atoms with Gasteiger partial charge in [-0.2, -0.15) is 13.2 Å². The van der Waals surface area contributed by atoms with Crippen molar-refractivity contribution in [1.82, 2.24) is 4.57 Å². The quantitative estimate of drug-likeness (QED) is 0.697. The lowest BCUT2D eigenvalue weighted by Crippen LogP contribution is -2.16. The van der Waals surface area contributed by atoms with Crippen molar-refractivity contribution in [3.8, 4) is 11.6 Å². The Kier molecular flexibility index (Phi) is 4.63. The van der Waals surface area contributed by atoms with E-state index in [0.29, 0.717) is 26.9 Å². The van der Waals surface area contributed by atoms with Crippen molar-refractivity contribution in [1.29, 1.82) is 0 Å². The van der Waals surface area contributed by atoms with Gasteiger partial charge in [-0.3, -0.25) is 4.79 Å². The third-order valence-electron chi connectivity index (χ3n) is 4.11. The maximum atomic E-state index is 13.3. The first-order valence-electron chi connectivity index (χ1n) is 8.21. The van der Waals surface area contributed by atoms with Crippen molar-refractivity contribution in [2.24, 2.45) is 15.2 Å². The number of hydrogen-bond acceptors (Lipinski definition) is 6. The highest BCUT2D eigenvalue weighted by atomic mass is 32.1. The first kappa shape index (κ1) is 18.8. The zero-order valence-corrected chi connectivity index (χ0v) is 15.3. The molecule has 3 aromatic rings. The fourth-order valence-corrected chi connectivity index (χ4v) is 3.64. The van der Waals surface area contributed by atoms with Gasteiger partial charge in [-0.1, -0.05) is 47.7 Å². The minimum absolute atomic E-state index is 0.144. The molecular weight excluding hydrogens is 405 g/mol. The summed E-state index contributed by atoms with van der Waals surface area (Å²) in [7, 11) is 0. The first-order chi connectivity index (χ1) is 13.8. The molecule has 2 aromatic carbocycles. The number of benzene rings is 2. The van der Waals surface area contributed by atoms with Gasteiger partial charge in [0, 0.05) is 5.22 Å². The van der Waals surface area contributed by atoms with E-state index < -0.39 is 28.2 Å². The van der Waals surface area contributed by atoms with E-state index in [1.165, 1.54) is 24.5 Å². The van der Waals surface area contributed by atoms with E-state index in [1.54, 1.807) is 24.3 Å². The number of aromatic hydroxyl groups is 1. The Morgan fingerprint density at radius 1 is 1.07 bits per heavy atom. The number of azo groups is 1. The number of nitrogens with zero attached hydrogens (tertiary/aromatic N) is 4. The van der Waals surface area contributed by atoms with Crippen molar-refractivity contribution in [2.45, 2.75) is 6.18 Å². The van der Waals surface area contributed by atoms with Gasteiger partial charge in [0.2, 0.25) is 5.88 Å². The fourth-order valence-electron chi connectivity index (χ4n) is 2.80. The van der Waals surface area contributed by atoms with E-state index in [1.807, 2.05) is 0 Å². The molecule has 0 bridgehead atoms. The highest BCUT2D eigenvalue weighted by molar-refractivity contribution is 7.10. The lowest BCUT2D eigenvalue weighted by atomic mass is 10.1. The topological polar surface area (TPSA) is 79.3 Å². The number of aliphatic imine (C=N–C) groups is 1. The molecule has 0 atom stereocenters. The number of alkyl halides is 3. The van der Waals surface area contributed by atoms with Crippen LogP contribution in [0.15, 0.2) is 68.5 Å². The van der Waals surface area contributed by atoms with Gasteiger partial charge in [0.15, 0.2) is 5.82 Å². The van der Waals surface area contributed by atoms with E-state index in [9.17, 15) is 23.1 Å². The third-order valence-corrected chi connectivity index (χ3v) is 4.99. The van der Waals surface area contributed by atoms with E-state index >= 15 is 0 Å². The van der Waals surface area contributed by atoms with Gasteiger partial charge >= 0.3 is 11.0 Å². The van der Waals surface area contributed by atoms with Crippen LogP contribution < -0.4 is 15.3 Å². The second kappa shape index (κ2) is 7.13. The zero-order valence-electron chi connectivity index (χ0n) is 14.5. The monoisotopic (exact) mass is 416 g/mol. The summed E-state index contributed by atoms with van der Waals surface area (Å²) in [5.74, 6) is -0.0942. The van der Waals surface area contributed by atoms with Gasteiger partial charge in [0.05, 0.1) is 16.1 Å². The lowest BCUT2D eigenvalue weighted by molar-refractivity contribution is -0.137. The number of halogens is 3. The van der Waals surface area contributed by atoms with Gasteiger partial charge in [-0.25, -0.2) is 9.56 Å². The van der Waals surface area contributed by atoms with Crippen LogP contribution in [-0.2, 0) is 6.18 Å². The molecule has 0 saturated heterocycles. The summed E-state index contributed by atoms with van der Waals surface area (Å²) in [4.78, 5) is 15.8. The van der Waals surface area contributed by atoms with Crippen molar-refractivity contribution in [2.75, 3.05) is 0 Å². The second-order valence-corrected chi connectivity index (χ2v) is 6.95. The maximum Gasteiger partial charge on any atom is 0.418 e. The average Bonchev–Trinajstić information content (AvgIpc) is 3.31. The molecule has 0 saturated carbocycles. The molecule has 0 amide bonds. The first-order valence-corrected chi connectivity index (χ1v) is 9.03. The van der Waals surface area contributed by atoms with E-state index in [0.717, 1.165) is 17.4 Å². The molecule has 0 spiro atoms. The van der Waals surface area contributed by atoms with Crippen LogP contribution in [0.2, 0.25) is 0 Å². The molecule has 1 aliphatic rings. The van der Waals surface area contributed by atoms with Gasteiger partial charge < -0.3 is 5.11 Å². The van der Waals surface area contributed by atoms with Gasteiger partial charge in [-0.15, -0.1) is 10.2 Å². The Labute approximate surface area is 164 Å². The largest absolute Gasteiger partial charge is 0.493 e. The molecule has 0 fully saturated rings. The average molecular weight is 416 g/mol. The van der Waals surface area contributed by atoms with E-state index in [2.05, 4.69) is 15.2 Å². The zero-order chi connectivity index (χ0) is 20.6. The van der Waals surface area contributed by atoms with Crippen LogP contribution in [0.25, 0.3) is 17.6 Å². The number of hydrogen-bond donors (Lipinski definition) is 1. The molecule has 1 N–H and O–H groups in total. The molecule has 4 rings (SSSR count). The van der Waals surface area contributed by atoms with Crippen LogP contribution in [-0.4, -0.2) is 16.0 Å². The minimum atomic E-state index is -4.66. The van der Waals surface area contributed by atoms with Crippen molar-refractivity contribution in [3.63, 3.8) is 0 Å². The molecule has 0 radical (unpaired) electrons. The summed E-state index contributed by atoms with van der Waals surface area (Å²) in [6, 6.07) is 11.5. The summed E-state index contributed by atoms with van der Waals surface area (Å²) in [6.45, 7) is 0. The van der Waals surface area contributed by atoms with Crippen LogP contribution in [0.5, 0.6) is 5.88 Å². The van der Waals surface area contributed by atoms with E-state index in [-0.39, 0.29) is 4.88 Å². The smallest absolute Gasteiger partial charge is 0.418 e. The summed E-state index contributed by atoms with van der Waals surface area (Å²) < 4.78 is 40.5. The highest BCUT2D eigenvalue weighted by Crippen LogP contribution is 2.35. The Morgan fingerprint density at radius 3 is 2.45 bits per heavy atom. The number of aromatic nitrogens is 1. The van der Waals surface area contributed by atoms with Crippen LogP contribution in [0.1, 0.15) is 10.4 Å². The molecule has 29 heavy (non-hydrogen) atoms. The fraction of sp³-hybridized carbons (Fsp3) is 0.0526. The number of rotatable bonds is 2. The maximum absolute atomic E-state index is 13.3. The molecule has 10 heteroatoms. The third kappa shape index (κ3) is 3.61. The predicted octanol–water partition coefficient (Wildman–Crippen LogP) is 3.01. The summed E-state index contributed by atoms with van der Waals surface area (Å²) in [5.41, 5.74) is -1.43. The normalized spacial score (nSPS) is 13.3. The Bertz CT molecular complexity index is 1300. The van der Waals surface area contributed by atoms with Crippen LogP contribution in [0, 0.1) is 0 Å². The summed E-state index contributed by atoms with van der Waals surface area (Å²) in [6.07, 6.45) is -1.82. The SMILES string of the molecule is O=c1sc(C=c2ccc(=C3N=CN=N3)cc2)c(O)n1-c1ccccc1C(F)(F)F. The van der Waals surface area contributed by atoms with Gasteiger partial charge in [0.1, 0.15) is 6.34 Å². The molecule has 6 nitrogen and oxygen atoms in total. The number of thiazole rings is 1. The van der Waals surface area contributed by atoms with E-state index in [4.69, 9.17) is 0 Å². The molecule has 1 aliphatic heterocycles. The Balaban J connectivity index is 1.81. The van der Waals surface area contributed by atoms with Crippen LogP contribution in [0.4, 0.5) is 13.2 Å². The van der Waals surface area contributed by atoms with Crippen LogP contribution >= 0.6 is 11.3 Å². The second-order valence-electron chi connectivity index (χ2n) is 5.96. The Morgan fingerprint density at radius 2 is 1.79 bits per heavy atom. The number of para-hydroxylation sites is 1. The standard InChI is InChI=1S/C19H11F3N4O2S/c20-19(21,22)13-3-1-2-4-14(13)26-17(27)15(29-18(26)28)9-11-5-7-12(8-6-11)16-23-10-24-25-16/h1-10,27H. The molecule has 2 heterocycles. The predicted molar refractivity (Wildman–Crippen MR) is 103 cm³/mol. The summed E-state index contributed by atoms with van der Waals surface area (Å²) in [5, 5.41) is 19.3. The molecule has 0 aliphatic carbocycles.